The van der Waals surface area contributed by atoms with Crippen LogP contribution < -0.4 is 10.6 Å². The highest BCUT2D eigenvalue weighted by Gasteiger charge is 2.35. The molecule has 0 radical (unpaired) electrons. The van der Waals surface area contributed by atoms with E-state index in [0.717, 1.165) is 0 Å². The maximum atomic E-state index is 11.7. The minimum Gasteiger partial charge on any atom is -0.463 e. The lowest BCUT2D eigenvalue weighted by Crippen LogP contribution is -2.28. The number of hydrogen-bond acceptors (Lipinski definition) is 5. The fourth-order valence-corrected chi connectivity index (χ4v) is 1.79. The molecule has 1 aliphatic heterocycles. The molecule has 7 nitrogen and oxygen atoms in total. The van der Waals surface area contributed by atoms with Crippen molar-refractivity contribution in [2.75, 3.05) is 18.6 Å². The van der Waals surface area contributed by atoms with E-state index < -0.39 is 17.8 Å². The second-order valence-corrected chi connectivity index (χ2v) is 3.94. The lowest BCUT2D eigenvalue weighted by atomic mass is 10.1. The van der Waals surface area contributed by atoms with E-state index in [2.05, 4.69) is 4.74 Å². The van der Waals surface area contributed by atoms with E-state index in [1.54, 1.807) is 0 Å². The molecule has 1 aromatic rings. The van der Waals surface area contributed by atoms with Gasteiger partial charge in [0.05, 0.1) is 13.0 Å². The number of carbonyl (C=O) groups is 3. The zero-order valence-corrected chi connectivity index (χ0v) is 9.71. The molecular weight excluding hydrogens is 240 g/mol. The summed E-state index contributed by atoms with van der Waals surface area (Å²) in [5.74, 6) is -1.72. The van der Waals surface area contributed by atoms with Crippen molar-refractivity contribution in [2.45, 2.75) is 6.42 Å². The molecule has 1 fully saturated rings. The highest BCUT2D eigenvalue weighted by atomic mass is 16.5. The molecule has 7 heteroatoms. The van der Waals surface area contributed by atoms with E-state index in [1.807, 2.05) is 0 Å². The van der Waals surface area contributed by atoms with Gasteiger partial charge in [0.2, 0.25) is 23.5 Å². The molecular formula is C11H12N2O5. The Balaban J connectivity index is 2.17. The highest BCUT2D eigenvalue weighted by molar-refractivity contribution is 5.99. The van der Waals surface area contributed by atoms with Crippen molar-refractivity contribution in [1.29, 1.82) is 0 Å². The molecule has 2 amide bonds. The first-order valence-corrected chi connectivity index (χ1v) is 5.30. The van der Waals surface area contributed by atoms with Gasteiger partial charge in [0.15, 0.2) is 0 Å². The van der Waals surface area contributed by atoms with Gasteiger partial charge in [-0.1, -0.05) is 0 Å². The zero-order valence-electron chi connectivity index (χ0n) is 9.71. The van der Waals surface area contributed by atoms with Gasteiger partial charge in [-0.25, -0.2) is 4.79 Å². The Morgan fingerprint density at radius 2 is 2.22 bits per heavy atom. The second kappa shape index (κ2) is 4.52. The number of ether oxygens (including phenoxy) is 1. The lowest BCUT2D eigenvalue weighted by Gasteiger charge is -2.11. The van der Waals surface area contributed by atoms with Gasteiger partial charge in [0.25, 0.3) is 0 Å². The predicted molar refractivity (Wildman–Crippen MR) is 59.7 cm³/mol. The number of furan rings is 1. The molecule has 1 unspecified atom stereocenters. The summed E-state index contributed by atoms with van der Waals surface area (Å²) in [5, 5.41) is 0. The van der Waals surface area contributed by atoms with Gasteiger partial charge >= 0.3 is 5.97 Å². The normalized spacial score (nSPS) is 19.1. The third kappa shape index (κ3) is 2.06. The quantitative estimate of drug-likeness (QED) is 0.757. The van der Waals surface area contributed by atoms with E-state index in [0.29, 0.717) is 0 Å². The Kier molecular flexibility index (Phi) is 3.05. The third-order valence-corrected chi connectivity index (χ3v) is 2.77. The number of nitrogens with zero attached hydrogens (tertiary/aromatic N) is 1. The summed E-state index contributed by atoms with van der Waals surface area (Å²) in [6.07, 6.45) is 0.0591. The van der Waals surface area contributed by atoms with Crippen LogP contribution in [0.1, 0.15) is 17.0 Å². The van der Waals surface area contributed by atoms with Gasteiger partial charge in [0, 0.05) is 19.0 Å². The summed E-state index contributed by atoms with van der Waals surface area (Å²) in [7, 11) is 1.23. The number of primary amides is 1. The Hall–Kier alpha value is -2.31. The number of esters is 1. The molecule has 0 aromatic carbocycles. The van der Waals surface area contributed by atoms with Crippen molar-refractivity contribution in [3.63, 3.8) is 0 Å². The summed E-state index contributed by atoms with van der Waals surface area (Å²) in [6, 6.07) is 2.89. The van der Waals surface area contributed by atoms with Crippen LogP contribution in [0.4, 0.5) is 5.88 Å². The molecule has 2 rings (SSSR count). The zero-order chi connectivity index (χ0) is 13.3. The number of nitrogens with two attached hydrogens (primary N) is 1. The minimum atomic E-state index is -0.626. The highest BCUT2D eigenvalue weighted by Crippen LogP contribution is 2.26. The third-order valence-electron chi connectivity index (χ3n) is 2.77. The Morgan fingerprint density at radius 1 is 1.50 bits per heavy atom. The summed E-state index contributed by atoms with van der Waals surface area (Å²) >= 11 is 0. The van der Waals surface area contributed by atoms with Crippen molar-refractivity contribution in [3.8, 4) is 0 Å². The molecule has 1 atom stereocenters. The van der Waals surface area contributed by atoms with Crippen LogP contribution in [0.3, 0.4) is 0 Å². The van der Waals surface area contributed by atoms with Crippen LogP contribution >= 0.6 is 0 Å². The first-order valence-electron chi connectivity index (χ1n) is 5.30. The topological polar surface area (TPSA) is 103 Å². The number of anilines is 1. The Morgan fingerprint density at radius 3 is 2.78 bits per heavy atom. The minimum absolute atomic E-state index is 0.00262. The fraction of sp³-hybridized carbons (Fsp3) is 0.364. The van der Waals surface area contributed by atoms with Gasteiger partial charge in [0.1, 0.15) is 0 Å². The lowest BCUT2D eigenvalue weighted by molar-refractivity contribution is -0.123. The molecule has 18 heavy (non-hydrogen) atoms. The van der Waals surface area contributed by atoms with Gasteiger partial charge in [-0.3, -0.25) is 14.5 Å². The van der Waals surface area contributed by atoms with Gasteiger partial charge < -0.3 is 14.9 Å². The number of hydrogen-bond donors (Lipinski definition) is 1. The van der Waals surface area contributed by atoms with E-state index in [-0.39, 0.29) is 30.5 Å². The van der Waals surface area contributed by atoms with Crippen LogP contribution in [0.15, 0.2) is 16.5 Å². The Labute approximate surface area is 102 Å². The molecule has 2 N–H and O–H groups in total. The van der Waals surface area contributed by atoms with Crippen molar-refractivity contribution >= 4 is 23.7 Å². The number of amides is 2. The van der Waals surface area contributed by atoms with Gasteiger partial charge in [-0.15, -0.1) is 0 Å². The van der Waals surface area contributed by atoms with Crippen molar-refractivity contribution in [2.24, 2.45) is 11.7 Å². The summed E-state index contributed by atoms with van der Waals surface area (Å²) in [5.41, 5.74) is 5.15. The summed E-state index contributed by atoms with van der Waals surface area (Å²) in [4.78, 5) is 35.2. The molecule has 1 aromatic heterocycles. The van der Waals surface area contributed by atoms with Crippen LogP contribution in [-0.2, 0) is 14.3 Å². The second-order valence-electron chi connectivity index (χ2n) is 3.94. The largest absolute Gasteiger partial charge is 0.463 e. The summed E-state index contributed by atoms with van der Waals surface area (Å²) < 4.78 is 9.69. The average molecular weight is 252 g/mol. The predicted octanol–water partition coefficient (Wildman–Crippen LogP) is -0.0956. The monoisotopic (exact) mass is 252 g/mol. The SMILES string of the molecule is COC(=O)c1ccc(N2CC(C(N)=O)CC2=O)o1. The first-order chi connectivity index (χ1) is 8.52. The molecule has 0 bridgehead atoms. The molecule has 2 heterocycles. The van der Waals surface area contributed by atoms with E-state index in [4.69, 9.17) is 10.2 Å². The van der Waals surface area contributed by atoms with E-state index in [9.17, 15) is 14.4 Å². The van der Waals surface area contributed by atoms with Crippen LogP contribution in [0.5, 0.6) is 0 Å². The van der Waals surface area contributed by atoms with Gasteiger partial charge in [-0.2, -0.15) is 0 Å². The molecule has 1 saturated heterocycles. The maximum Gasteiger partial charge on any atom is 0.374 e. The van der Waals surface area contributed by atoms with Gasteiger partial charge in [-0.05, 0) is 6.07 Å². The number of carbonyl (C=O) groups excluding carboxylic acids is 3. The standard InChI is InChI=1S/C11H12N2O5/c1-17-11(16)7-2-3-9(18-7)13-5-6(10(12)15)4-8(13)14/h2-3,6H,4-5H2,1H3,(H2,12,15). The van der Waals surface area contributed by atoms with Crippen molar-refractivity contribution in [1.82, 2.24) is 0 Å². The van der Waals surface area contributed by atoms with Crippen LogP contribution in [0.2, 0.25) is 0 Å². The van der Waals surface area contributed by atoms with Crippen LogP contribution in [0, 0.1) is 5.92 Å². The smallest absolute Gasteiger partial charge is 0.374 e. The molecule has 1 aliphatic rings. The summed E-state index contributed by atoms with van der Waals surface area (Å²) in [6.45, 7) is 0.169. The fourth-order valence-electron chi connectivity index (χ4n) is 1.79. The number of methoxy groups -OCH3 is 1. The number of rotatable bonds is 3. The Bertz CT molecular complexity index is 507. The van der Waals surface area contributed by atoms with Crippen molar-refractivity contribution < 1.29 is 23.5 Å². The molecule has 0 spiro atoms. The van der Waals surface area contributed by atoms with Crippen LogP contribution in [0.25, 0.3) is 0 Å². The maximum absolute atomic E-state index is 11.7. The van der Waals surface area contributed by atoms with Crippen molar-refractivity contribution in [3.05, 3.63) is 17.9 Å². The van der Waals surface area contributed by atoms with E-state index >= 15 is 0 Å². The molecule has 0 saturated carbocycles. The average Bonchev–Trinajstić information content (AvgIpc) is 2.94. The first kappa shape index (κ1) is 12.2. The molecule has 0 aliphatic carbocycles. The molecule has 96 valence electrons. The van der Waals surface area contributed by atoms with E-state index in [1.165, 1.54) is 24.1 Å². The van der Waals surface area contributed by atoms with Crippen LogP contribution in [-0.4, -0.2) is 31.4 Å².